The van der Waals surface area contributed by atoms with Crippen LogP contribution in [0.4, 0.5) is 0 Å². The normalized spacial score (nSPS) is 17.1. The van der Waals surface area contributed by atoms with Crippen LogP contribution in [-0.4, -0.2) is 19.1 Å². The van der Waals surface area contributed by atoms with Gasteiger partial charge in [-0.25, -0.2) is 0 Å². The number of carbonyl (C=O) groups excluding carboxylic acids is 1. The lowest BCUT2D eigenvalue weighted by atomic mass is 10.1. The third-order valence-corrected chi connectivity index (χ3v) is 3.05. The van der Waals surface area contributed by atoms with Crippen molar-refractivity contribution < 1.29 is 9.53 Å². The van der Waals surface area contributed by atoms with E-state index in [1.807, 2.05) is 18.2 Å². The molecule has 0 fully saturated rings. The van der Waals surface area contributed by atoms with Gasteiger partial charge in [-0.05, 0) is 36.1 Å². The number of carbonyl (C=O) groups is 1. The second kappa shape index (κ2) is 5.69. The average molecular weight is 246 g/mol. The molecule has 96 valence electrons. The van der Waals surface area contributed by atoms with Crippen molar-refractivity contribution in [2.75, 3.05) is 13.2 Å². The van der Waals surface area contributed by atoms with Gasteiger partial charge in [0.05, 0.1) is 0 Å². The van der Waals surface area contributed by atoms with E-state index in [1.165, 1.54) is 11.1 Å². The zero-order valence-corrected chi connectivity index (χ0v) is 10.3. The van der Waals surface area contributed by atoms with Gasteiger partial charge in [-0.2, -0.15) is 0 Å². The van der Waals surface area contributed by atoms with Crippen LogP contribution in [0.25, 0.3) is 0 Å². The van der Waals surface area contributed by atoms with Crippen LogP contribution in [-0.2, 0) is 11.2 Å². The molecule has 1 aromatic rings. The number of hydrogen-bond acceptors (Lipinski definition) is 3. The van der Waals surface area contributed by atoms with Gasteiger partial charge in [0.15, 0.2) is 6.61 Å². The average Bonchev–Trinajstić information content (AvgIpc) is 2.75. The SMILES string of the molecule is C=CCNC(=O)COc1ccc2c(c1)CCC2N. The first-order chi connectivity index (χ1) is 8.70. The summed E-state index contributed by atoms with van der Waals surface area (Å²) in [6.07, 6.45) is 3.60. The third kappa shape index (κ3) is 2.90. The Morgan fingerprint density at radius 1 is 1.61 bits per heavy atom. The van der Waals surface area contributed by atoms with E-state index in [-0.39, 0.29) is 18.6 Å². The lowest BCUT2D eigenvalue weighted by Gasteiger charge is -2.09. The molecule has 2 rings (SSSR count). The molecule has 0 bridgehead atoms. The quantitative estimate of drug-likeness (QED) is 0.770. The largest absolute Gasteiger partial charge is 0.484 e. The zero-order valence-electron chi connectivity index (χ0n) is 10.3. The number of aryl methyl sites for hydroxylation is 1. The Kier molecular flexibility index (Phi) is 3.99. The Morgan fingerprint density at radius 2 is 2.44 bits per heavy atom. The topological polar surface area (TPSA) is 64.3 Å². The summed E-state index contributed by atoms with van der Waals surface area (Å²) < 4.78 is 5.44. The molecule has 0 radical (unpaired) electrons. The standard InChI is InChI=1S/C14H18N2O2/c1-2-7-16-14(17)9-18-11-4-5-12-10(8-11)3-6-13(12)15/h2,4-5,8,13H,1,3,6-7,9,15H2,(H,16,17). The molecule has 18 heavy (non-hydrogen) atoms. The Morgan fingerprint density at radius 3 is 3.22 bits per heavy atom. The van der Waals surface area contributed by atoms with E-state index in [9.17, 15) is 4.79 Å². The van der Waals surface area contributed by atoms with E-state index in [0.29, 0.717) is 6.54 Å². The van der Waals surface area contributed by atoms with Crippen molar-refractivity contribution in [3.8, 4) is 5.75 Å². The summed E-state index contributed by atoms with van der Waals surface area (Å²) in [4.78, 5) is 11.4. The predicted octanol–water partition coefficient (Wildman–Crippen LogP) is 1.31. The number of hydrogen-bond donors (Lipinski definition) is 2. The van der Waals surface area contributed by atoms with E-state index < -0.39 is 0 Å². The van der Waals surface area contributed by atoms with Gasteiger partial charge < -0.3 is 15.8 Å². The van der Waals surface area contributed by atoms with Crippen LogP contribution in [0.5, 0.6) is 5.75 Å². The zero-order chi connectivity index (χ0) is 13.0. The number of benzene rings is 1. The van der Waals surface area contributed by atoms with Gasteiger partial charge in [0.1, 0.15) is 5.75 Å². The fourth-order valence-corrected chi connectivity index (χ4v) is 2.10. The van der Waals surface area contributed by atoms with Gasteiger partial charge in [-0.3, -0.25) is 4.79 Å². The van der Waals surface area contributed by atoms with Crippen molar-refractivity contribution in [2.24, 2.45) is 5.73 Å². The van der Waals surface area contributed by atoms with Gasteiger partial charge in [-0.1, -0.05) is 12.1 Å². The highest BCUT2D eigenvalue weighted by Gasteiger charge is 2.19. The van der Waals surface area contributed by atoms with Crippen molar-refractivity contribution in [1.29, 1.82) is 0 Å². The van der Waals surface area contributed by atoms with Gasteiger partial charge in [-0.15, -0.1) is 6.58 Å². The highest BCUT2D eigenvalue weighted by Crippen LogP contribution is 2.31. The maximum atomic E-state index is 11.4. The van der Waals surface area contributed by atoms with Crippen molar-refractivity contribution in [2.45, 2.75) is 18.9 Å². The molecule has 0 spiro atoms. The summed E-state index contributed by atoms with van der Waals surface area (Å²) in [7, 11) is 0. The monoisotopic (exact) mass is 246 g/mol. The molecule has 4 nitrogen and oxygen atoms in total. The first-order valence-corrected chi connectivity index (χ1v) is 6.09. The van der Waals surface area contributed by atoms with Crippen molar-refractivity contribution in [3.63, 3.8) is 0 Å². The van der Waals surface area contributed by atoms with E-state index in [4.69, 9.17) is 10.5 Å². The Hall–Kier alpha value is -1.81. The van der Waals surface area contributed by atoms with Crippen LogP contribution in [0.1, 0.15) is 23.6 Å². The maximum absolute atomic E-state index is 11.4. The number of rotatable bonds is 5. The molecule has 1 aliphatic carbocycles. The summed E-state index contributed by atoms with van der Waals surface area (Å²) in [6, 6.07) is 5.97. The summed E-state index contributed by atoms with van der Waals surface area (Å²) in [5.74, 6) is 0.573. The van der Waals surface area contributed by atoms with E-state index in [2.05, 4.69) is 11.9 Å². The fraction of sp³-hybridized carbons (Fsp3) is 0.357. The van der Waals surface area contributed by atoms with Crippen LogP contribution in [0, 0.1) is 0 Å². The minimum absolute atomic E-state index is 0.0265. The minimum Gasteiger partial charge on any atom is -0.484 e. The predicted molar refractivity (Wildman–Crippen MR) is 70.4 cm³/mol. The third-order valence-electron chi connectivity index (χ3n) is 3.05. The molecular formula is C14H18N2O2. The number of nitrogens with two attached hydrogens (primary N) is 1. The van der Waals surface area contributed by atoms with E-state index >= 15 is 0 Å². The molecule has 0 aromatic heterocycles. The molecule has 4 heteroatoms. The number of ether oxygens (including phenoxy) is 1. The molecule has 0 saturated carbocycles. The van der Waals surface area contributed by atoms with Crippen LogP contribution in [0.3, 0.4) is 0 Å². The highest BCUT2D eigenvalue weighted by molar-refractivity contribution is 5.77. The molecule has 0 aliphatic heterocycles. The second-order valence-electron chi connectivity index (χ2n) is 4.39. The molecular weight excluding hydrogens is 228 g/mol. The minimum atomic E-state index is -0.146. The first-order valence-electron chi connectivity index (χ1n) is 6.09. The molecule has 0 saturated heterocycles. The molecule has 1 atom stereocenters. The molecule has 1 aliphatic rings. The first kappa shape index (κ1) is 12.6. The second-order valence-corrected chi connectivity index (χ2v) is 4.39. The van der Waals surface area contributed by atoms with Crippen molar-refractivity contribution in [1.82, 2.24) is 5.32 Å². The van der Waals surface area contributed by atoms with E-state index in [0.717, 1.165) is 18.6 Å². The summed E-state index contributed by atoms with van der Waals surface area (Å²) in [5.41, 5.74) is 8.38. The summed E-state index contributed by atoms with van der Waals surface area (Å²) in [5, 5.41) is 2.66. The van der Waals surface area contributed by atoms with Gasteiger partial charge in [0.2, 0.25) is 0 Å². The number of amides is 1. The van der Waals surface area contributed by atoms with Crippen molar-refractivity contribution in [3.05, 3.63) is 42.0 Å². The molecule has 1 aromatic carbocycles. The number of nitrogens with one attached hydrogen (secondary N) is 1. The van der Waals surface area contributed by atoms with Crippen LogP contribution in [0.15, 0.2) is 30.9 Å². The van der Waals surface area contributed by atoms with Crippen LogP contribution < -0.4 is 15.8 Å². The lowest BCUT2D eigenvalue weighted by molar-refractivity contribution is -0.122. The van der Waals surface area contributed by atoms with Crippen LogP contribution in [0.2, 0.25) is 0 Å². The maximum Gasteiger partial charge on any atom is 0.258 e. The number of fused-ring (bicyclic) bond motifs is 1. The Bertz CT molecular complexity index is 457. The van der Waals surface area contributed by atoms with Gasteiger partial charge in [0.25, 0.3) is 5.91 Å². The van der Waals surface area contributed by atoms with Crippen LogP contribution >= 0.6 is 0 Å². The molecule has 3 N–H and O–H groups in total. The highest BCUT2D eigenvalue weighted by atomic mass is 16.5. The molecule has 0 heterocycles. The molecule has 1 amide bonds. The molecule has 1 unspecified atom stereocenters. The van der Waals surface area contributed by atoms with Gasteiger partial charge in [0, 0.05) is 12.6 Å². The smallest absolute Gasteiger partial charge is 0.258 e. The van der Waals surface area contributed by atoms with Crippen molar-refractivity contribution >= 4 is 5.91 Å². The van der Waals surface area contributed by atoms with E-state index in [1.54, 1.807) is 6.08 Å². The Balaban J connectivity index is 1.91. The Labute approximate surface area is 107 Å². The summed E-state index contributed by atoms with van der Waals surface area (Å²) in [6.45, 7) is 4.02. The summed E-state index contributed by atoms with van der Waals surface area (Å²) >= 11 is 0. The van der Waals surface area contributed by atoms with Gasteiger partial charge >= 0.3 is 0 Å². The lowest BCUT2D eigenvalue weighted by Crippen LogP contribution is -2.28. The fourth-order valence-electron chi connectivity index (χ4n) is 2.10.